The van der Waals surface area contributed by atoms with Gasteiger partial charge < -0.3 is 10.1 Å². The van der Waals surface area contributed by atoms with Crippen molar-refractivity contribution in [3.8, 4) is 5.75 Å². The van der Waals surface area contributed by atoms with Crippen molar-refractivity contribution in [2.24, 2.45) is 0 Å². The lowest BCUT2D eigenvalue weighted by molar-refractivity contribution is -0.118. The largest absolute Gasteiger partial charge is 0.491 e. The minimum Gasteiger partial charge on any atom is -0.491 e. The SMILES string of the molecule is Cc1ccccc1CSCC(=O)NCCOc1cccc2ccccc12. The number of fused-ring (bicyclic) bond motifs is 1. The van der Waals surface area contributed by atoms with Crippen LogP contribution in [0.5, 0.6) is 5.75 Å². The minimum atomic E-state index is 0.0464. The zero-order valence-electron chi connectivity index (χ0n) is 14.9. The van der Waals surface area contributed by atoms with Crippen LogP contribution in [0.1, 0.15) is 11.1 Å². The highest BCUT2D eigenvalue weighted by Crippen LogP contribution is 2.24. The van der Waals surface area contributed by atoms with Crippen LogP contribution in [0.3, 0.4) is 0 Å². The molecule has 3 rings (SSSR count). The third-order valence-electron chi connectivity index (χ3n) is 4.18. The van der Waals surface area contributed by atoms with Gasteiger partial charge in [-0.2, -0.15) is 0 Å². The lowest BCUT2D eigenvalue weighted by atomic mass is 10.1. The molecule has 0 atom stereocenters. The molecule has 0 saturated carbocycles. The molecule has 0 saturated heterocycles. The van der Waals surface area contributed by atoms with E-state index in [1.807, 2.05) is 42.5 Å². The van der Waals surface area contributed by atoms with Crippen molar-refractivity contribution in [2.75, 3.05) is 18.9 Å². The normalized spacial score (nSPS) is 10.7. The molecule has 0 aliphatic carbocycles. The van der Waals surface area contributed by atoms with Crippen LogP contribution in [0.25, 0.3) is 10.8 Å². The fourth-order valence-electron chi connectivity index (χ4n) is 2.75. The first-order valence-electron chi connectivity index (χ1n) is 8.73. The smallest absolute Gasteiger partial charge is 0.230 e. The molecule has 0 bridgehead atoms. The monoisotopic (exact) mass is 365 g/mol. The van der Waals surface area contributed by atoms with Crippen LogP contribution < -0.4 is 10.1 Å². The van der Waals surface area contributed by atoms with E-state index in [9.17, 15) is 4.79 Å². The number of hydrogen-bond acceptors (Lipinski definition) is 3. The summed E-state index contributed by atoms with van der Waals surface area (Å²) in [4.78, 5) is 12.0. The molecule has 1 amide bonds. The fraction of sp³-hybridized carbons (Fsp3) is 0.227. The Morgan fingerprint density at radius 2 is 1.77 bits per heavy atom. The van der Waals surface area contributed by atoms with Crippen molar-refractivity contribution >= 4 is 28.4 Å². The van der Waals surface area contributed by atoms with Gasteiger partial charge in [0.05, 0.1) is 12.3 Å². The Hall–Kier alpha value is -2.46. The molecule has 0 unspecified atom stereocenters. The molecule has 0 aliphatic heterocycles. The molecule has 4 heteroatoms. The molecule has 3 nitrogen and oxygen atoms in total. The summed E-state index contributed by atoms with van der Waals surface area (Å²) in [5.74, 6) is 2.21. The van der Waals surface area contributed by atoms with Gasteiger partial charge in [-0.15, -0.1) is 11.8 Å². The Morgan fingerprint density at radius 3 is 2.65 bits per heavy atom. The summed E-state index contributed by atoms with van der Waals surface area (Å²) in [7, 11) is 0. The van der Waals surface area contributed by atoms with Gasteiger partial charge in [0, 0.05) is 11.1 Å². The van der Waals surface area contributed by atoms with Gasteiger partial charge in [-0.3, -0.25) is 4.79 Å². The summed E-state index contributed by atoms with van der Waals surface area (Å²) in [5, 5.41) is 5.16. The van der Waals surface area contributed by atoms with E-state index in [2.05, 4.69) is 36.5 Å². The lowest BCUT2D eigenvalue weighted by Crippen LogP contribution is -2.29. The summed E-state index contributed by atoms with van der Waals surface area (Å²) in [6, 6.07) is 22.4. The maximum atomic E-state index is 12.0. The van der Waals surface area contributed by atoms with E-state index >= 15 is 0 Å². The van der Waals surface area contributed by atoms with Crippen LogP contribution >= 0.6 is 11.8 Å². The number of nitrogens with one attached hydrogen (secondary N) is 1. The Labute approximate surface area is 158 Å². The molecule has 0 aliphatic rings. The first-order valence-corrected chi connectivity index (χ1v) is 9.89. The molecule has 0 spiro atoms. The average Bonchev–Trinajstić information content (AvgIpc) is 2.67. The zero-order valence-corrected chi connectivity index (χ0v) is 15.7. The number of aryl methyl sites for hydroxylation is 1. The molecule has 3 aromatic carbocycles. The highest BCUT2D eigenvalue weighted by atomic mass is 32.2. The van der Waals surface area contributed by atoms with Gasteiger partial charge in [-0.1, -0.05) is 60.7 Å². The number of ether oxygens (including phenoxy) is 1. The predicted octanol–water partition coefficient (Wildman–Crippen LogP) is 4.58. The number of benzene rings is 3. The van der Waals surface area contributed by atoms with Gasteiger partial charge in [0.15, 0.2) is 0 Å². The Balaban J connectivity index is 1.38. The number of hydrogen-bond donors (Lipinski definition) is 1. The van der Waals surface area contributed by atoms with E-state index in [-0.39, 0.29) is 5.91 Å². The van der Waals surface area contributed by atoms with E-state index in [4.69, 9.17) is 4.74 Å². The van der Waals surface area contributed by atoms with Gasteiger partial charge in [0.25, 0.3) is 0 Å². The van der Waals surface area contributed by atoms with Crippen molar-refractivity contribution < 1.29 is 9.53 Å². The first kappa shape index (κ1) is 18.3. The average molecular weight is 365 g/mol. The highest BCUT2D eigenvalue weighted by Gasteiger charge is 2.04. The Morgan fingerprint density at radius 1 is 1.00 bits per heavy atom. The summed E-state index contributed by atoms with van der Waals surface area (Å²) in [6.45, 7) is 3.07. The Bertz CT molecular complexity index is 873. The van der Waals surface area contributed by atoms with E-state index in [1.165, 1.54) is 11.1 Å². The van der Waals surface area contributed by atoms with Gasteiger partial charge in [-0.05, 0) is 29.5 Å². The second-order valence-corrected chi connectivity index (χ2v) is 7.08. The maximum Gasteiger partial charge on any atom is 0.230 e. The maximum absolute atomic E-state index is 12.0. The minimum absolute atomic E-state index is 0.0464. The molecule has 26 heavy (non-hydrogen) atoms. The van der Waals surface area contributed by atoms with Gasteiger partial charge in [0.2, 0.25) is 5.91 Å². The summed E-state index contributed by atoms with van der Waals surface area (Å²) >= 11 is 1.63. The lowest BCUT2D eigenvalue weighted by Gasteiger charge is -2.10. The number of carbonyl (C=O) groups excluding carboxylic acids is 1. The van der Waals surface area contributed by atoms with Crippen molar-refractivity contribution in [1.29, 1.82) is 0 Å². The topological polar surface area (TPSA) is 38.3 Å². The van der Waals surface area contributed by atoms with Gasteiger partial charge >= 0.3 is 0 Å². The molecular weight excluding hydrogens is 342 g/mol. The van der Waals surface area contributed by atoms with E-state index in [0.717, 1.165) is 22.3 Å². The molecule has 0 aromatic heterocycles. The second kappa shape index (κ2) is 9.30. The van der Waals surface area contributed by atoms with Gasteiger partial charge in [-0.25, -0.2) is 0 Å². The Kier molecular flexibility index (Phi) is 6.56. The fourth-order valence-corrected chi connectivity index (χ4v) is 3.68. The van der Waals surface area contributed by atoms with Crippen LogP contribution in [-0.2, 0) is 10.5 Å². The van der Waals surface area contributed by atoms with Gasteiger partial charge in [0.1, 0.15) is 12.4 Å². The van der Waals surface area contributed by atoms with E-state index in [0.29, 0.717) is 18.9 Å². The van der Waals surface area contributed by atoms with Crippen molar-refractivity contribution in [3.63, 3.8) is 0 Å². The molecular formula is C22H23NO2S. The predicted molar refractivity (Wildman–Crippen MR) is 110 cm³/mol. The molecule has 1 N–H and O–H groups in total. The summed E-state index contributed by atoms with van der Waals surface area (Å²) in [5.41, 5.74) is 2.55. The first-order chi connectivity index (χ1) is 12.7. The number of rotatable bonds is 8. The molecule has 0 fully saturated rings. The second-order valence-electron chi connectivity index (χ2n) is 6.09. The van der Waals surface area contributed by atoms with Crippen molar-refractivity contribution in [2.45, 2.75) is 12.7 Å². The zero-order chi connectivity index (χ0) is 18.2. The standard InChI is InChI=1S/C22H23NO2S/c1-17-7-2-3-9-19(17)15-26-16-22(24)23-13-14-25-21-12-6-10-18-8-4-5-11-20(18)21/h2-12H,13-16H2,1H3,(H,23,24). The number of carbonyl (C=O) groups is 1. The van der Waals surface area contributed by atoms with Crippen molar-refractivity contribution in [3.05, 3.63) is 77.9 Å². The summed E-state index contributed by atoms with van der Waals surface area (Å²) in [6.07, 6.45) is 0. The van der Waals surface area contributed by atoms with Crippen LogP contribution in [-0.4, -0.2) is 24.8 Å². The van der Waals surface area contributed by atoms with Crippen LogP contribution in [0.4, 0.5) is 0 Å². The van der Waals surface area contributed by atoms with Crippen LogP contribution in [0.2, 0.25) is 0 Å². The molecule has 3 aromatic rings. The van der Waals surface area contributed by atoms with Crippen LogP contribution in [0.15, 0.2) is 66.7 Å². The van der Waals surface area contributed by atoms with Crippen molar-refractivity contribution in [1.82, 2.24) is 5.32 Å². The molecule has 0 heterocycles. The van der Waals surface area contributed by atoms with Crippen LogP contribution in [0, 0.1) is 6.92 Å². The number of thioether (sulfide) groups is 1. The van der Waals surface area contributed by atoms with E-state index in [1.54, 1.807) is 11.8 Å². The third kappa shape index (κ3) is 5.02. The quantitative estimate of drug-likeness (QED) is 0.594. The summed E-state index contributed by atoms with van der Waals surface area (Å²) < 4.78 is 5.84. The third-order valence-corrected chi connectivity index (χ3v) is 5.16. The number of amides is 1. The van der Waals surface area contributed by atoms with E-state index < -0.39 is 0 Å². The molecule has 0 radical (unpaired) electrons. The highest BCUT2D eigenvalue weighted by molar-refractivity contribution is 7.99. The molecule has 134 valence electrons.